The Kier molecular flexibility index (Phi) is 6.73. The number of anilines is 1. The van der Waals surface area contributed by atoms with Gasteiger partial charge >= 0.3 is 5.97 Å². The number of nitrogens with one attached hydrogen (secondary N) is 1. The van der Waals surface area contributed by atoms with Crippen molar-refractivity contribution < 1.29 is 19.4 Å². The Balaban J connectivity index is 2.17. The predicted octanol–water partition coefficient (Wildman–Crippen LogP) is 3.70. The maximum Gasteiger partial charge on any atom is 0.306 e. The number of hydrogen-bond donors (Lipinski definition) is 2. The molecule has 2 aromatic rings. The van der Waals surface area contributed by atoms with Crippen molar-refractivity contribution >= 4 is 23.6 Å². The number of carboxylic acids is 1. The molecule has 0 fully saturated rings. The fourth-order valence-corrected chi connectivity index (χ4v) is 2.46. The van der Waals surface area contributed by atoms with Crippen molar-refractivity contribution in [2.24, 2.45) is 0 Å². The average molecular weight is 364 g/mol. The van der Waals surface area contributed by atoms with Crippen molar-refractivity contribution in [3.05, 3.63) is 64.7 Å². The van der Waals surface area contributed by atoms with Crippen LogP contribution in [0.5, 0.6) is 5.75 Å². The highest BCUT2D eigenvalue weighted by atomic mass is 16.5. The van der Waals surface area contributed by atoms with Gasteiger partial charge < -0.3 is 15.2 Å². The summed E-state index contributed by atoms with van der Waals surface area (Å²) >= 11 is 0. The monoisotopic (exact) mass is 364 g/mol. The third-order valence-corrected chi connectivity index (χ3v) is 3.84. The molecule has 0 radical (unpaired) electrons. The summed E-state index contributed by atoms with van der Waals surface area (Å²) in [5, 5.41) is 20.8. The minimum atomic E-state index is -0.944. The summed E-state index contributed by atoms with van der Waals surface area (Å²) in [6.07, 6.45) is 1.36. The molecule has 2 rings (SSSR count). The minimum absolute atomic E-state index is 0.0414. The van der Waals surface area contributed by atoms with Gasteiger partial charge in [0, 0.05) is 5.69 Å². The Morgan fingerprint density at radius 2 is 1.85 bits per heavy atom. The lowest BCUT2D eigenvalue weighted by Gasteiger charge is -2.11. The highest BCUT2D eigenvalue weighted by molar-refractivity contribution is 6.10. The molecular formula is C21H20N2O4. The first-order valence-electron chi connectivity index (χ1n) is 8.34. The maximum atomic E-state index is 12.5. The molecule has 0 heterocycles. The van der Waals surface area contributed by atoms with Crippen LogP contribution in [-0.2, 0) is 9.59 Å². The third-order valence-electron chi connectivity index (χ3n) is 3.84. The average Bonchev–Trinajstić information content (AvgIpc) is 2.63. The van der Waals surface area contributed by atoms with Crippen molar-refractivity contribution in [1.29, 1.82) is 5.26 Å². The Labute approximate surface area is 157 Å². The number of nitriles is 1. The first-order chi connectivity index (χ1) is 12.9. The van der Waals surface area contributed by atoms with E-state index >= 15 is 0 Å². The lowest BCUT2D eigenvalue weighted by Crippen LogP contribution is -2.15. The Hall–Kier alpha value is -3.59. The van der Waals surface area contributed by atoms with E-state index in [4.69, 9.17) is 9.84 Å². The lowest BCUT2D eigenvalue weighted by atomic mass is 10.1. The summed E-state index contributed by atoms with van der Waals surface area (Å²) in [4.78, 5) is 23.0. The SMILES string of the molecule is Cc1cccc(C)c1NC(=O)C(C#N)=Cc1cccc(OCCC(=O)O)c1. The number of para-hydroxylation sites is 1. The second kappa shape index (κ2) is 9.20. The Bertz CT molecular complexity index is 906. The van der Waals surface area contributed by atoms with Gasteiger partial charge in [-0.3, -0.25) is 9.59 Å². The molecule has 0 unspecified atom stereocenters. The van der Waals surface area contributed by atoms with Gasteiger partial charge in [0.25, 0.3) is 5.91 Å². The zero-order valence-corrected chi connectivity index (χ0v) is 15.2. The van der Waals surface area contributed by atoms with Gasteiger partial charge in [-0.15, -0.1) is 0 Å². The normalized spacial score (nSPS) is 10.8. The van der Waals surface area contributed by atoms with E-state index < -0.39 is 11.9 Å². The number of rotatable bonds is 7. The third kappa shape index (κ3) is 5.72. The maximum absolute atomic E-state index is 12.5. The molecule has 0 spiro atoms. The van der Waals surface area contributed by atoms with E-state index in [9.17, 15) is 14.9 Å². The largest absolute Gasteiger partial charge is 0.493 e. The van der Waals surface area contributed by atoms with Crippen molar-refractivity contribution in [1.82, 2.24) is 0 Å². The van der Waals surface area contributed by atoms with Crippen LogP contribution >= 0.6 is 0 Å². The summed E-state index contributed by atoms with van der Waals surface area (Å²) < 4.78 is 5.37. The van der Waals surface area contributed by atoms with Gasteiger partial charge in [0.15, 0.2) is 0 Å². The number of carboxylic acid groups (broad SMARTS) is 1. The number of carbonyl (C=O) groups excluding carboxylic acids is 1. The number of ether oxygens (including phenoxy) is 1. The molecule has 0 aliphatic heterocycles. The van der Waals surface area contributed by atoms with Gasteiger partial charge in [0.2, 0.25) is 0 Å². The van der Waals surface area contributed by atoms with Gasteiger partial charge in [-0.1, -0.05) is 30.3 Å². The molecule has 0 saturated carbocycles. The van der Waals surface area contributed by atoms with E-state index in [1.54, 1.807) is 24.3 Å². The molecule has 27 heavy (non-hydrogen) atoms. The number of aryl methyl sites for hydroxylation is 2. The van der Waals surface area contributed by atoms with E-state index in [1.165, 1.54) is 6.08 Å². The van der Waals surface area contributed by atoms with E-state index in [-0.39, 0.29) is 18.6 Å². The first kappa shape index (κ1) is 19.7. The van der Waals surface area contributed by atoms with Crippen LogP contribution in [0, 0.1) is 25.2 Å². The number of hydrogen-bond acceptors (Lipinski definition) is 4. The van der Waals surface area contributed by atoms with Crippen LogP contribution in [0.3, 0.4) is 0 Å². The molecule has 6 nitrogen and oxygen atoms in total. The Morgan fingerprint density at radius 1 is 1.19 bits per heavy atom. The van der Waals surface area contributed by atoms with E-state index in [2.05, 4.69) is 5.32 Å². The zero-order valence-electron chi connectivity index (χ0n) is 15.2. The molecule has 1 amide bonds. The van der Waals surface area contributed by atoms with Crippen LogP contribution in [0.2, 0.25) is 0 Å². The zero-order chi connectivity index (χ0) is 19.8. The molecular weight excluding hydrogens is 344 g/mol. The summed E-state index contributed by atoms with van der Waals surface area (Å²) in [5.74, 6) is -0.967. The summed E-state index contributed by atoms with van der Waals surface area (Å²) in [6.45, 7) is 3.81. The summed E-state index contributed by atoms with van der Waals surface area (Å²) in [6, 6.07) is 14.4. The fourth-order valence-electron chi connectivity index (χ4n) is 2.46. The van der Waals surface area contributed by atoms with E-state index in [1.807, 2.05) is 38.1 Å². The molecule has 0 aromatic heterocycles. The highest BCUT2D eigenvalue weighted by Crippen LogP contribution is 2.21. The molecule has 0 aliphatic rings. The van der Waals surface area contributed by atoms with Crippen LogP contribution in [0.1, 0.15) is 23.1 Å². The van der Waals surface area contributed by atoms with Crippen molar-refractivity contribution in [2.45, 2.75) is 20.3 Å². The Morgan fingerprint density at radius 3 is 2.48 bits per heavy atom. The van der Waals surface area contributed by atoms with Crippen LogP contribution in [0.25, 0.3) is 6.08 Å². The first-order valence-corrected chi connectivity index (χ1v) is 8.34. The molecule has 2 N–H and O–H groups in total. The van der Waals surface area contributed by atoms with Crippen molar-refractivity contribution in [3.63, 3.8) is 0 Å². The van der Waals surface area contributed by atoms with Gasteiger partial charge in [-0.05, 0) is 48.7 Å². The second-order valence-corrected chi connectivity index (χ2v) is 5.96. The minimum Gasteiger partial charge on any atom is -0.493 e. The van der Waals surface area contributed by atoms with Crippen LogP contribution in [0.4, 0.5) is 5.69 Å². The van der Waals surface area contributed by atoms with Gasteiger partial charge in [0.1, 0.15) is 17.4 Å². The van der Waals surface area contributed by atoms with Crippen molar-refractivity contribution in [2.75, 3.05) is 11.9 Å². The molecule has 6 heteroatoms. The van der Waals surface area contributed by atoms with Gasteiger partial charge in [0.05, 0.1) is 13.0 Å². The number of nitrogens with zero attached hydrogens (tertiary/aromatic N) is 1. The van der Waals surface area contributed by atoms with Crippen LogP contribution < -0.4 is 10.1 Å². The molecule has 138 valence electrons. The molecule has 0 atom stereocenters. The summed E-state index contributed by atoms with van der Waals surface area (Å²) in [7, 11) is 0. The molecule has 0 saturated heterocycles. The standard InChI is InChI=1S/C21H20N2O4/c1-14-5-3-6-15(2)20(14)23-21(26)17(13-22)11-16-7-4-8-18(12-16)27-10-9-19(24)25/h3-8,11-12H,9-10H2,1-2H3,(H,23,26)(H,24,25). The number of amides is 1. The lowest BCUT2D eigenvalue weighted by molar-refractivity contribution is -0.137. The number of aliphatic carboxylic acids is 1. The van der Waals surface area contributed by atoms with E-state index in [0.29, 0.717) is 17.0 Å². The quantitative estimate of drug-likeness (QED) is 0.576. The second-order valence-electron chi connectivity index (χ2n) is 5.96. The smallest absolute Gasteiger partial charge is 0.306 e. The molecule has 0 bridgehead atoms. The van der Waals surface area contributed by atoms with E-state index in [0.717, 1.165) is 11.1 Å². The van der Waals surface area contributed by atoms with Gasteiger partial charge in [-0.25, -0.2) is 0 Å². The molecule has 2 aromatic carbocycles. The highest BCUT2D eigenvalue weighted by Gasteiger charge is 2.12. The topological polar surface area (TPSA) is 99.4 Å². The van der Waals surface area contributed by atoms with Crippen molar-refractivity contribution in [3.8, 4) is 11.8 Å². The summed E-state index contributed by atoms with van der Waals surface area (Å²) in [5.41, 5.74) is 3.08. The van der Waals surface area contributed by atoms with Crippen LogP contribution in [-0.4, -0.2) is 23.6 Å². The molecule has 0 aliphatic carbocycles. The number of carbonyl (C=O) groups is 2. The predicted molar refractivity (Wildman–Crippen MR) is 102 cm³/mol. The van der Waals surface area contributed by atoms with Gasteiger partial charge in [-0.2, -0.15) is 5.26 Å². The number of benzene rings is 2. The van der Waals surface area contributed by atoms with Crippen LogP contribution in [0.15, 0.2) is 48.0 Å². The fraction of sp³-hybridized carbons (Fsp3) is 0.190.